The van der Waals surface area contributed by atoms with Crippen LogP contribution in [0.4, 0.5) is 0 Å². The Labute approximate surface area is 206 Å². The van der Waals surface area contributed by atoms with Crippen LogP contribution in [0.1, 0.15) is 24.2 Å². The Morgan fingerprint density at radius 1 is 1.17 bits per heavy atom. The number of ether oxygens (including phenoxy) is 1. The van der Waals surface area contributed by atoms with Gasteiger partial charge in [-0.15, -0.1) is 0 Å². The first kappa shape index (κ1) is 24.1. The number of hydrogen-bond donors (Lipinski definition) is 1. The smallest absolute Gasteiger partial charge is 0.262 e. The van der Waals surface area contributed by atoms with Crippen molar-refractivity contribution < 1.29 is 14.3 Å². The molecule has 1 N–H and O–H groups in total. The molecule has 0 spiro atoms. The van der Waals surface area contributed by atoms with Crippen LogP contribution in [-0.4, -0.2) is 39.9 Å². The van der Waals surface area contributed by atoms with Crippen LogP contribution in [0.15, 0.2) is 59.5 Å². The molecule has 2 heterocycles. The number of rotatable bonds is 7. The zero-order valence-corrected chi connectivity index (χ0v) is 20.2. The molecule has 4 aromatic rings. The van der Waals surface area contributed by atoms with Gasteiger partial charge < -0.3 is 10.1 Å². The molecule has 0 atom stereocenters. The fourth-order valence-corrected chi connectivity index (χ4v) is 3.99. The fraction of sp³-hybridized carbons (Fsp3) is 0.192. The summed E-state index contributed by atoms with van der Waals surface area (Å²) < 4.78 is 6.66. The highest BCUT2D eigenvalue weighted by molar-refractivity contribution is 6.31. The molecule has 0 saturated carbocycles. The summed E-state index contributed by atoms with van der Waals surface area (Å²) in [6.45, 7) is 3.48. The van der Waals surface area contributed by atoms with Crippen LogP contribution < -0.4 is 15.6 Å². The topological polar surface area (TPSA) is 103 Å². The van der Waals surface area contributed by atoms with Gasteiger partial charge >= 0.3 is 0 Å². The van der Waals surface area contributed by atoms with Gasteiger partial charge in [0.15, 0.2) is 0 Å². The van der Waals surface area contributed by atoms with Crippen molar-refractivity contribution >= 4 is 34.7 Å². The van der Waals surface area contributed by atoms with Crippen LogP contribution in [0.2, 0.25) is 5.02 Å². The largest absolute Gasteiger partial charge is 0.497 e. The van der Waals surface area contributed by atoms with E-state index in [9.17, 15) is 14.4 Å². The Balaban J connectivity index is 1.92. The van der Waals surface area contributed by atoms with Crippen LogP contribution in [0.3, 0.4) is 0 Å². The predicted molar refractivity (Wildman–Crippen MR) is 135 cm³/mol. The summed E-state index contributed by atoms with van der Waals surface area (Å²) in [6, 6.07) is 13.5. The SMILES string of the molecule is COc1cccc(-c2nc3cnc(-c4cc(Cl)cc(C=O)c4)cc3c(=O)n2CC(=O)NC(C)C)c1. The molecule has 9 heteroatoms. The summed E-state index contributed by atoms with van der Waals surface area (Å²) in [4.78, 5) is 46.7. The molecule has 2 aromatic heterocycles. The lowest BCUT2D eigenvalue weighted by Crippen LogP contribution is -2.37. The van der Waals surface area contributed by atoms with Gasteiger partial charge in [0, 0.05) is 27.8 Å². The standard InChI is InChI=1S/C26H23ClN4O4/c1-15(2)29-24(33)13-31-25(17-5-4-6-20(10-17)35-3)30-23-12-28-22(11-21(23)26(31)34)18-7-16(14-32)8-19(27)9-18/h4-12,14-15H,13H2,1-3H3,(H,29,33). The maximum Gasteiger partial charge on any atom is 0.262 e. The molecule has 0 radical (unpaired) electrons. The third-order valence-corrected chi connectivity index (χ3v) is 5.49. The number of aromatic nitrogens is 3. The number of amides is 1. The number of fused-ring (bicyclic) bond motifs is 1. The maximum absolute atomic E-state index is 13.7. The molecule has 0 aliphatic rings. The molecular weight excluding hydrogens is 468 g/mol. The third kappa shape index (κ3) is 5.22. The second-order valence-corrected chi connectivity index (χ2v) is 8.70. The molecule has 1 amide bonds. The van der Waals surface area contributed by atoms with Crippen molar-refractivity contribution in [1.82, 2.24) is 19.9 Å². The lowest BCUT2D eigenvalue weighted by molar-refractivity contribution is -0.122. The summed E-state index contributed by atoms with van der Waals surface area (Å²) in [5.41, 5.74) is 2.03. The van der Waals surface area contributed by atoms with Gasteiger partial charge in [-0.1, -0.05) is 23.7 Å². The minimum atomic E-state index is -0.395. The fourth-order valence-electron chi connectivity index (χ4n) is 3.75. The van der Waals surface area contributed by atoms with E-state index in [1.54, 1.807) is 55.6 Å². The van der Waals surface area contributed by atoms with Gasteiger partial charge in [0.2, 0.25) is 5.91 Å². The number of methoxy groups -OCH3 is 1. The Bertz CT molecular complexity index is 1500. The zero-order chi connectivity index (χ0) is 25.1. The second-order valence-electron chi connectivity index (χ2n) is 8.26. The molecule has 0 aliphatic carbocycles. The lowest BCUT2D eigenvalue weighted by atomic mass is 10.1. The van der Waals surface area contributed by atoms with E-state index in [2.05, 4.69) is 15.3 Å². The van der Waals surface area contributed by atoms with E-state index in [4.69, 9.17) is 16.3 Å². The van der Waals surface area contributed by atoms with Gasteiger partial charge in [-0.2, -0.15) is 0 Å². The van der Waals surface area contributed by atoms with Crippen LogP contribution in [-0.2, 0) is 11.3 Å². The number of aldehydes is 1. The van der Waals surface area contributed by atoms with Crippen molar-refractivity contribution in [2.24, 2.45) is 0 Å². The van der Waals surface area contributed by atoms with Gasteiger partial charge in [0.25, 0.3) is 5.56 Å². The van der Waals surface area contributed by atoms with Crippen molar-refractivity contribution in [3.63, 3.8) is 0 Å². The van der Waals surface area contributed by atoms with Crippen LogP contribution in [0.5, 0.6) is 5.75 Å². The van der Waals surface area contributed by atoms with Crippen molar-refractivity contribution in [2.45, 2.75) is 26.4 Å². The average Bonchev–Trinajstić information content (AvgIpc) is 2.84. The number of nitrogens with zero attached hydrogens (tertiary/aromatic N) is 3. The molecular formula is C26H23ClN4O4. The first-order valence-corrected chi connectivity index (χ1v) is 11.3. The van der Waals surface area contributed by atoms with Gasteiger partial charge in [0.1, 0.15) is 24.4 Å². The second kappa shape index (κ2) is 10.1. The van der Waals surface area contributed by atoms with E-state index in [1.165, 1.54) is 10.8 Å². The summed E-state index contributed by atoms with van der Waals surface area (Å²) in [6.07, 6.45) is 2.19. The Hall–Kier alpha value is -4.04. The molecule has 35 heavy (non-hydrogen) atoms. The van der Waals surface area contributed by atoms with E-state index < -0.39 is 5.56 Å². The minimum absolute atomic E-state index is 0.0856. The molecule has 178 valence electrons. The summed E-state index contributed by atoms with van der Waals surface area (Å²) in [5, 5.41) is 3.47. The first-order chi connectivity index (χ1) is 16.8. The Morgan fingerprint density at radius 3 is 2.69 bits per heavy atom. The molecule has 0 unspecified atom stereocenters. The number of carbonyl (C=O) groups excluding carboxylic acids is 2. The van der Waals surface area contributed by atoms with E-state index in [1.807, 2.05) is 13.8 Å². The van der Waals surface area contributed by atoms with E-state index in [0.29, 0.717) is 50.8 Å². The Morgan fingerprint density at radius 2 is 1.97 bits per heavy atom. The van der Waals surface area contributed by atoms with E-state index in [0.717, 1.165) is 0 Å². The number of halogens is 1. The van der Waals surface area contributed by atoms with Crippen molar-refractivity contribution in [3.8, 4) is 28.4 Å². The van der Waals surface area contributed by atoms with Gasteiger partial charge in [0.05, 0.1) is 29.9 Å². The molecule has 0 aliphatic heterocycles. The summed E-state index contributed by atoms with van der Waals surface area (Å²) in [5.74, 6) is 0.600. The van der Waals surface area contributed by atoms with E-state index >= 15 is 0 Å². The highest BCUT2D eigenvalue weighted by Gasteiger charge is 2.18. The molecule has 0 saturated heterocycles. The number of nitrogens with one attached hydrogen (secondary N) is 1. The van der Waals surface area contributed by atoms with Crippen LogP contribution >= 0.6 is 11.6 Å². The lowest BCUT2D eigenvalue weighted by Gasteiger charge is -2.15. The molecule has 4 rings (SSSR count). The maximum atomic E-state index is 13.7. The van der Waals surface area contributed by atoms with Crippen molar-refractivity contribution in [2.75, 3.05) is 7.11 Å². The first-order valence-electron chi connectivity index (χ1n) is 10.9. The summed E-state index contributed by atoms with van der Waals surface area (Å²) >= 11 is 6.15. The average molecular weight is 491 g/mol. The zero-order valence-electron chi connectivity index (χ0n) is 19.4. The number of benzene rings is 2. The van der Waals surface area contributed by atoms with E-state index in [-0.39, 0.29) is 23.9 Å². The highest BCUT2D eigenvalue weighted by atomic mass is 35.5. The molecule has 0 fully saturated rings. The monoisotopic (exact) mass is 490 g/mol. The highest BCUT2D eigenvalue weighted by Crippen LogP contribution is 2.27. The van der Waals surface area contributed by atoms with Crippen molar-refractivity contribution in [3.05, 3.63) is 75.7 Å². The minimum Gasteiger partial charge on any atom is -0.497 e. The number of hydrogen-bond acceptors (Lipinski definition) is 6. The van der Waals surface area contributed by atoms with Gasteiger partial charge in [-0.05, 0) is 50.2 Å². The predicted octanol–water partition coefficient (Wildman–Crippen LogP) is 4.12. The quantitative estimate of drug-likeness (QED) is 0.391. The van der Waals surface area contributed by atoms with Gasteiger partial charge in [-0.3, -0.25) is 23.9 Å². The molecule has 0 bridgehead atoms. The normalized spacial score (nSPS) is 11.0. The van der Waals surface area contributed by atoms with Crippen molar-refractivity contribution in [1.29, 1.82) is 0 Å². The van der Waals surface area contributed by atoms with Gasteiger partial charge in [-0.25, -0.2) is 4.98 Å². The number of carbonyl (C=O) groups is 2. The van der Waals surface area contributed by atoms with Crippen LogP contribution in [0.25, 0.3) is 33.5 Å². The summed E-state index contributed by atoms with van der Waals surface area (Å²) in [7, 11) is 1.55. The van der Waals surface area contributed by atoms with Crippen LogP contribution in [0, 0.1) is 0 Å². The molecule has 2 aromatic carbocycles. The Kier molecular flexibility index (Phi) is 6.93. The third-order valence-electron chi connectivity index (χ3n) is 5.27. The molecule has 8 nitrogen and oxygen atoms in total. The number of pyridine rings is 1.